The molecule has 14 heteroatoms. The van der Waals surface area contributed by atoms with E-state index < -0.39 is 66.8 Å². The summed E-state index contributed by atoms with van der Waals surface area (Å²) in [6.07, 6.45) is -2.34. The zero-order valence-corrected chi connectivity index (χ0v) is 41.0. The van der Waals surface area contributed by atoms with Crippen LogP contribution in [0.4, 0.5) is 0 Å². The summed E-state index contributed by atoms with van der Waals surface area (Å²) in [6, 6.07) is 46.3. The van der Waals surface area contributed by atoms with Gasteiger partial charge in [0, 0.05) is 6.07 Å². The fraction of sp³-hybridized carbons (Fsp3) is 0.217. The van der Waals surface area contributed by atoms with Gasteiger partial charge in [0.05, 0.1) is 27.6 Å². The van der Waals surface area contributed by atoms with Crippen molar-refractivity contribution < 1.29 is 61.5 Å². The van der Waals surface area contributed by atoms with Crippen molar-refractivity contribution in [2.45, 2.75) is 70.9 Å². The minimum absolute atomic E-state index is 0.0249. The number of carbonyl (C=O) groups is 4. The molecule has 0 aliphatic carbocycles. The molecule has 0 saturated carbocycles. The molecular formula is C60H54O14. The van der Waals surface area contributed by atoms with Crippen LogP contribution in [-0.4, -0.2) is 67.8 Å². The van der Waals surface area contributed by atoms with Crippen LogP contribution in [-0.2, 0) is 30.3 Å². The van der Waals surface area contributed by atoms with Gasteiger partial charge in [0.25, 0.3) is 0 Å². The lowest BCUT2D eigenvalue weighted by Gasteiger charge is -2.44. The summed E-state index contributed by atoms with van der Waals surface area (Å²) in [6.45, 7) is 5.68. The Bertz CT molecular complexity index is 3130. The van der Waals surface area contributed by atoms with Crippen LogP contribution in [0.3, 0.4) is 0 Å². The Morgan fingerprint density at radius 2 is 1.07 bits per heavy atom. The number of ether oxygens (including phenoxy) is 8. The highest BCUT2D eigenvalue weighted by Gasteiger charge is 2.54. The summed E-state index contributed by atoms with van der Waals surface area (Å²) < 4.78 is 55.8. The molecule has 378 valence electrons. The molecule has 5 atom stereocenters. The number of carbonyl (C=O) groups excluding carboxylic acids is 4. The SMILES string of the molecule is CC(C)=CCCC(C)=CCOc1c(OCc2ccccc2)c2ccc(O[C@@H]3O[C@H](COC(=O)c4ccccc4)[C@H](OC(=O)c4ccccc4)[C@H](OC(=O)c4ccccc4)[C@H]3OC(=O)c3ccccc3)cc2oc1=O. The van der Waals surface area contributed by atoms with E-state index in [4.69, 9.17) is 42.3 Å². The van der Waals surface area contributed by atoms with Crippen LogP contribution in [0.2, 0.25) is 0 Å². The third-order valence-corrected chi connectivity index (χ3v) is 11.8. The third-order valence-electron chi connectivity index (χ3n) is 11.8. The van der Waals surface area contributed by atoms with E-state index in [1.54, 1.807) is 97.1 Å². The van der Waals surface area contributed by atoms with Gasteiger partial charge in [0.2, 0.25) is 18.1 Å². The molecule has 0 bridgehead atoms. The van der Waals surface area contributed by atoms with Gasteiger partial charge in [0.15, 0.2) is 18.0 Å². The highest BCUT2D eigenvalue weighted by molar-refractivity contribution is 5.92. The second-order valence-electron chi connectivity index (χ2n) is 17.5. The maximum atomic E-state index is 14.1. The highest BCUT2D eigenvalue weighted by atomic mass is 16.7. The lowest BCUT2D eigenvalue weighted by atomic mass is 9.97. The predicted octanol–water partition coefficient (Wildman–Crippen LogP) is 11.1. The number of esters is 4. The summed E-state index contributed by atoms with van der Waals surface area (Å²) in [4.78, 5) is 69.6. The minimum atomic E-state index is -1.69. The van der Waals surface area contributed by atoms with Gasteiger partial charge in [-0.05, 0) is 106 Å². The third kappa shape index (κ3) is 13.6. The second-order valence-corrected chi connectivity index (χ2v) is 17.5. The molecule has 0 N–H and O–H groups in total. The fourth-order valence-electron chi connectivity index (χ4n) is 7.92. The molecule has 7 aromatic rings. The Morgan fingerprint density at radius 3 is 1.62 bits per heavy atom. The number of hydrogen-bond acceptors (Lipinski definition) is 14. The number of benzene rings is 6. The van der Waals surface area contributed by atoms with E-state index in [1.807, 2.05) is 57.2 Å². The van der Waals surface area contributed by atoms with Gasteiger partial charge in [-0.1, -0.05) is 120 Å². The average molecular weight is 999 g/mol. The zero-order valence-electron chi connectivity index (χ0n) is 41.0. The van der Waals surface area contributed by atoms with Crippen LogP contribution in [0, 0.1) is 0 Å². The first-order valence-electron chi connectivity index (χ1n) is 24.0. The van der Waals surface area contributed by atoms with Gasteiger partial charge in [-0.25, -0.2) is 24.0 Å². The summed E-state index contributed by atoms with van der Waals surface area (Å²) >= 11 is 0. The van der Waals surface area contributed by atoms with Crippen molar-refractivity contribution >= 4 is 34.8 Å². The number of hydrogen-bond donors (Lipinski definition) is 0. The molecule has 8 rings (SSSR count). The molecule has 6 aromatic carbocycles. The first-order valence-corrected chi connectivity index (χ1v) is 24.0. The number of rotatable bonds is 20. The molecule has 1 aliphatic rings. The summed E-state index contributed by atoms with van der Waals surface area (Å²) in [5.41, 5.74) is 2.94. The maximum absolute atomic E-state index is 14.1. The van der Waals surface area contributed by atoms with Crippen molar-refractivity contribution in [1.29, 1.82) is 0 Å². The molecular weight excluding hydrogens is 945 g/mol. The second kappa shape index (κ2) is 25.1. The largest absolute Gasteiger partial charge is 0.484 e. The Kier molecular flexibility index (Phi) is 17.5. The van der Waals surface area contributed by atoms with Gasteiger partial charge in [-0.3, -0.25) is 0 Å². The van der Waals surface area contributed by atoms with Crippen molar-refractivity contribution in [2.75, 3.05) is 13.2 Å². The number of fused-ring (bicyclic) bond motifs is 1. The standard InChI is InChI=1S/C60H54O14/c1-39(2)20-19-21-40(3)34-35-66-53-50(67-37-41-22-9-4-10-23-41)47-33-32-46(36-48(47)70-59(53)65)69-60-54(74-58(64)45-30-17-8-18-31-45)52(73-57(63)44-28-15-7-16-29-44)51(72-56(62)43-26-13-6-14-27-43)49(71-60)38-68-55(61)42-24-11-5-12-25-42/h4-18,20,22-34,36,49,51-52,54,60H,19,21,35,37-38H2,1-3H3/t49-,51+,52+,54-,60-/m1/s1. The van der Waals surface area contributed by atoms with E-state index in [9.17, 15) is 24.0 Å². The first kappa shape index (κ1) is 51.6. The molecule has 1 fully saturated rings. The molecule has 14 nitrogen and oxygen atoms in total. The van der Waals surface area contributed by atoms with Crippen molar-refractivity contribution in [3.05, 3.63) is 231 Å². The summed E-state index contributed by atoms with van der Waals surface area (Å²) in [7, 11) is 0. The van der Waals surface area contributed by atoms with Gasteiger partial charge in [0.1, 0.15) is 37.3 Å². The maximum Gasteiger partial charge on any atom is 0.383 e. The Hall–Kier alpha value is -8.75. The van der Waals surface area contributed by atoms with Crippen LogP contribution < -0.4 is 19.8 Å². The van der Waals surface area contributed by atoms with E-state index in [-0.39, 0.29) is 58.3 Å². The number of allylic oxidation sites excluding steroid dienone is 3. The predicted molar refractivity (Wildman–Crippen MR) is 274 cm³/mol. The van der Waals surface area contributed by atoms with Crippen molar-refractivity contribution in [1.82, 2.24) is 0 Å². The van der Waals surface area contributed by atoms with Crippen LogP contribution in [0.15, 0.2) is 202 Å². The van der Waals surface area contributed by atoms with E-state index >= 15 is 0 Å². The smallest absolute Gasteiger partial charge is 0.383 e. The Balaban J connectivity index is 1.19. The van der Waals surface area contributed by atoms with Crippen molar-refractivity contribution in [2.24, 2.45) is 0 Å². The topological polar surface area (TPSA) is 172 Å². The van der Waals surface area contributed by atoms with Gasteiger partial charge in [-0.2, -0.15) is 0 Å². The van der Waals surface area contributed by atoms with Gasteiger partial charge >= 0.3 is 29.5 Å². The Morgan fingerprint density at radius 1 is 0.554 bits per heavy atom. The highest BCUT2D eigenvalue weighted by Crippen LogP contribution is 2.38. The van der Waals surface area contributed by atoms with Crippen molar-refractivity contribution in [3.8, 4) is 17.2 Å². The summed E-state index contributed by atoms with van der Waals surface area (Å²) in [5.74, 6) is -3.31. The minimum Gasteiger partial charge on any atom is -0.484 e. The van der Waals surface area contributed by atoms with E-state index in [1.165, 1.54) is 48.0 Å². The molecule has 2 heterocycles. The van der Waals surface area contributed by atoms with E-state index in [0.717, 1.165) is 24.0 Å². The zero-order chi connectivity index (χ0) is 51.8. The quantitative estimate of drug-likeness (QED) is 0.0305. The van der Waals surface area contributed by atoms with Crippen LogP contribution in [0.5, 0.6) is 17.2 Å². The lowest BCUT2D eigenvalue weighted by Crippen LogP contribution is -2.63. The monoisotopic (exact) mass is 998 g/mol. The van der Waals surface area contributed by atoms with Gasteiger partial charge in [-0.15, -0.1) is 0 Å². The average Bonchev–Trinajstić information content (AvgIpc) is 3.42. The Labute approximate surface area is 427 Å². The van der Waals surface area contributed by atoms with E-state index in [0.29, 0.717) is 5.39 Å². The molecule has 0 spiro atoms. The van der Waals surface area contributed by atoms with Crippen LogP contribution in [0.1, 0.15) is 80.6 Å². The van der Waals surface area contributed by atoms with Crippen LogP contribution >= 0.6 is 0 Å². The fourth-order valence-corrected chi connectivity index (χ4v) is 7.92. The summed E-state index contributed by atoms with van der Waals surface area (Å²) in [5, 5.41) is 0.358. The normalized spacial score (nSPS) is 17.3. The molecule has 0 unspecified atom stereocenters. The lowest BCUT2D eigenvalue weighted by molar-refractivity contribution is -0.275. The van der Waals surface area contributed by atoms with Crippen LogP contribution in [0.25, 0.3) is 11.0 Å². The molecule has 0 amide bonds. The molecule has 0 radical (unpaired) electrons. The van der Waals surface area contributed by atoms with E-state index in [2.05, 4.69) is 6.08 Å². The molecule has 74 heavy (non-hydrogen) atoms. The molecule has 1 aliphatic heterocycles. The first-order chi connectivity index (χ1) is 36.0. The molecule has 1 aromatic heterocycles. The molecule has 1 saturated heterocycles. The van der Waals surface area contributed by atoms with Gasteiger partial charge < -0.3 is 42.3 Å². The van der Waals surface area contributed by atoms with Crippen molar-refractivity contribution in [3.63, 3.8) is 0 Å².